The summed E-state index contributed by atoms with van der Waals surface area (Å²) in [6.07, 6.45) is 0.885. The van der Waals surface area contributed by atoms with Crippen molar-refractivity contribution in [1.82, 2.24) is 10.2 Å². The highest BCUT2D eigenvalue weighted by molar-refractivity contribution is 9.10. The second-order valence-corrected chi connectivity index (χ2v) is 4.64. The number of nitrogens with zero attached hydrogens (tertiary/aromatic N) is 1. The zero-order valence-electron chi connectivity index (χ0n) is 8.84. The van der Waals surface area contributed by atoms with Crippen LogP contribution in [0.1, 0.15) is 22.5 Å². The van der Waals surface area contributed by atoms with Crippen molar-refractivity contribution in [3.63, 3.8) is 0 Å². The summed E-state index contributed by atoms with van der Waals surface area (Å²) >= 11 is 3.47. The highest BCUT2D eigenvalue weighted by Gasteiger charge is 2.06. The summed E-state index contributed by atoms with van der Waals surface area (Å²) in [4.78, 5) is 0. The lowest BCUT2D eigenvalue weighted by atomic mass is 10.1. The van der Waals surface area contributed by atoms with Gasteiger partial charge in [0.2, 0.25) is 0 Å². The zero-order valence-corrected chi connectivity index (χ0v) is 10.4. The number of aromatic nitrogens is 2. The molecule has 0 saturated heterocycles. The number of benzene rings is 1. The summed E-state index contributed by atoms with van der Waals surface area (Å²) in [5.74, 6) is 0. The molecule has 0 aliphatic heterocycles. The zero-order chi connectivity index (χ0) is 10.8. The third-order valence-electron chi connectivity index (χ3n) is 2.61. The number of nitrogens with one attached hydrogen (secondary N) is 1. The van der Waals surface area contributed by atoms with Gasteiger partial charge in [-0.05, 0) is 37.1 Å². The van der Waals surface area contributed by atoms with Crippen LogP contribution in [0.5, 0.6) is 0 Å². The van der Waals surface area contributed by atoms with Crippen molar-refractivity contribution in [2.45, 2.75) is 20.3 Å². The molecule has 1 aromatic heterocycles. The van der Waals surface area contributed by atoms with Crippen LogP contribution in [-0.2, 0) is 6.42 Å². The summed E-state index contributed by atoms with van der Waals surface area (Å²) < 4.78 is 1.12. The van der Waals surface area contributed by atoms with Gasteiger partial charge in [-0.2, -0.15) is 5.10 Å². The van der Waals surface area contributed by atoms with Crippen LogP contribution in [0.15, 0.2) is 28.7 Å². The lowest BCUT2D eigenvalue weighted by molar-refractivity contribution is 0.978. The maximum atomic E-state index is 4.30. The minimum Gasteiger partial charge on any atom is -0.282 e. The van der Waals surface area contributed by atoms with Crippen LogP contribution in [0, 0.1) is 13.8 Å². The molecule has 78 valence electrons. The lowest BCUT2D eigenvalue weighted by Gasteiger charge is -2.00. The lowest BCUT2D eigenvalue weighted by Crippen LogP contribution is -1.91. The van der Waals surface area contributed by atoms with Gasteiger partial charge in [0.15, 0.2) is 0 Å². The Morgan fingerprint density at radius 3 is 2.73 bits per heavy atom. The number of hydrogen-bond acceptors (Lipinski definition) is 1. The molecular weight excluding hydrogens is 252 g/mol. The SMILES string of the molecule is Cc1[nH]nc(Cc2cccc(Br)c2)c1C. The van der Waals surface area contributed by atoms with Crippen LogP contribution in [-0.4, -0.2) is 10.2 Å². The maximum absolute atomic E-state index is 4.30. The second-order valence-electron chi connectivity index (χ2n) is 3.73. The van der Waals surface area contributed by atoms with Crippen molar-refractivity contribution in [2.75, 3.05) is 0 Å². The van der Waals surface area contributed by atoms with Crippen LogP contribution in [0.25, 0.3) is 0 Å². The third kappa shape index (κ3) is 2.29. The van der Waals surface area contributed by atoms with Gasteiger partial charge >= 0.3 is 0 Å². The topological polar surface area (TPSA) is 28.7 Å². The minimum atomic E-state index is 0.885. The van der Waals surface area contributed by atoms with E-state index >= 15 is 0 Å². The molecule has 2 nitrogen and oxygen atoms in total. The van der Waals surface area contributed by atoms with E-state index in [0.717, 1.165) is 22.3 Å². The average Bonchev–Trinajstić information content (AvgIpc) is 2.50. The largest absolute Gasteiger partial charge is 0.282 e. The van der Waals surface area contributed by atoms with Crippen molar-refractivity contribution in [3.05, 3.63) is 51.3 Å². The first kappa shape index (κ1) is 10.4. The normalized spacial score (nSPS) is 10.6. The number of halogens is 1. The van der Waals surface area contributed by atoms with Gasteiger partial charge in [-0.15, -0.1) is 0 Å². The molecule has 0 atom stereocenters. The number of hydrogen-bond donors (Lipinski definition) is 1. The summed E-state index contributed by atoms with van der Waals surface area (Å²) in [5, 5.41) is 7.31. The number of aromatic amines is 1. The van der Waals surface area contributed by atoms with E-state index in [1.165, 1.54) is 11.1 Å². The predicted molar refractivity (Wildman–Crippen MR) is 65.0 cm³/mol. The molecule has 0 unspecified atom stereocenters. The average molecular weight is 265 g/mol. The smallest absolute Gasteiger partial charge is 0.0697 e. The molecule has 0 spiro atoms. The molecule has 0 fully saturated rings. The Morgan fingerprint density at radius 1 is 1.33 bits per heavy atom. The van der Waals surface area contributed by atoms with Crippen LogP contribution in [0.3, 0.4) is 0 Å². The highest BCUT2D eigenvalue weighted by atomic mass is 79.9. The van der Waals surface area contributed by atoms with Gasteiger partial charge in [-0.25, -0.2) is 0 Å². The molecule has 0 amide bonds. The summed E-state index contributed by atoms with van der Waals surface area (Å²) in [6, 6.07) is 8.33. The molecule has 1 N–H and O–H groups in total. The minimum absolute atomic E-state index is 0.885. The predicted octanol–water partition coefficient (Wildman–Crippen LogP) is 3.38. The second kappa shape index (κ2) is 4.19. The van der Waals surface area contributed by atoms with Gasteiger partial charge in [0.1, 0.15) is 0 Å². The Bertz CT molecular complexity index is 474. The Balaban J connectivity index is 2.26. The first-order valence-electron chi connectivity index (χ1n) is 4.91. The van der Waals surface area contributed by atoms with Crippen molar-refractivity contribution in [3.8, 4) is 0 Å². The fourth-order valence-electron chi connectivity index (χ4n) is 1.55. The summed E-state index contributed by atoms with van der Waals surface area (Å²) in [5.41, 5.74) is 4.82. The van der Waals surface area contributed by atoms with E-state index in [4.69, 9.17) is 0 Å². The van der Waals surface area contributed by atoms with Gasteiger partial charge in [-0.1, -0.05) is 28.1 Å². The van der Waals surface area contributed by atoms with Crippen LogP contribution in [0.2, 0.25) is 0 Å². The molecule has 2 aromatic rings. The summed E-state index contributed by atoms with van der Waals surface area (Å²) in [6.45, 7) is 4.15. The Kier molecular flexibility index (Phi) is 2.91. The molecule has 2 rings (SSSR count). The molecule has 15 heavy (non-hydrogen) atoms. The van der Waals surface area contributed by atoms with Crippen molar-refractivity contribution in [1.29, 1.82) is 0 Å². The van der Waals surface area contributed by atoms with Crippen LogP contribution < -0.4 is 0 Å². The fraction of sp³-hybridized carbons (Fsp3) is 0.250. The van der Waals surface area contributed by atoms with Gasteiger partial charge in [0.25, 0.3) is 0 Å². The van der Waals surface area contributed by atoms with Gasteiger partial charge in [0, 0.05) is 16.6 Å². The molecule has 0 aliphatic carbocycles. The number of rotatable bonds is 2. The monoisotopic (exact) mass is 264 g/mol. The van der Waals surface area contributed by atoms with E-state index in [1.807, 2.05) is 19.1 Å². The third-order valence-corrected chi connectivity index (χ3v) is 3.11. The highest BCUT2D eigenvalue weighted by Crippen LogP contribution is 2.17. The Hall–Kier alpha value is -1.09. The first-order valence-corrected chi connectivity index (χ1v) is 5.71. The quantitative estimate of drug-likeness (QED) is 0.885. The molecule has 3 heteroatoms. The number of H-pyrrole nitrogens is 1. The molecule has 1 heterocycles. The first-order chi connectivity index (χ1) is 7.16. The van der Waals surface area contributed by atoms with E-state index in [9.17, 15) is 0 Å². The van der Waals surface area contributed by atoms with Crippen molar-refractivity contribution in [2.24, 2.45) is 0 Å². The van der Waals surface area contributed by atoms with E-state index in [0.29, 0.717) is 0 Å². The molecule has 0 bridgehead atoms. The fourth-order valence-corrected chi connectivity index (χ4v) is 1.99. The molecule has 1 aromatic carbocycles. The maximum Gasteiger partial charge on any atom is 0.0697 e. The Morgan fingerprint density at radius 2 is 2.13 bits per heavy atom. The van der Waals surface area contributed by atoms with Gasteiger partial charge in [-0.3, -0.25) is 5.10 Å². The van der Waals surface area contributed by atoms with Gasteiger partial charge in [0.05, 0.1) is 5.69 Å². The molecular formula is C12H13BrN2. The standard InChI is InChI=1S/C12H13BrN2/c1-8-9(2)14-15-12(8)7-10-4-3-5-11(13)6-10/h3-6H,7H2,1-2H3,(H,14,15). The van der Waals surface area contributed by atoms with Crippen molar-refractivity contribution < 1.29 is 0 Å². The van der Waals surface area contributed by atoms with E-state index in [-0.39, 0.29) is 0 Å². The van der Waals surface area contributed by atoms with E-state index in [1.54, 1.807) is 0 Å². The Labute approximate surface area is 97.8 Å². The van der Waals surface area contributed by atoms with Gasteiger partial charge < -0.3 is 0 Å². The van der Waals surface area contributed by atoms with Crippen LogP contribution >= 0.6 is 15.9 Å². The van der Waals surface area contributed by atoms with Crippen LogP contribution in [0.4, 0.5) is 0 Å². The number of aryl methyl sites for hydroxylation is 1. The molecule has 0 radical (unpaired) electrons. The summed E-state index contributed by atoms with van der Waals surface area (Å²) in [7, 11) is 0. The van der Waals surface area contributed by atoms with E-state index < -0.39 is 0 Å². The van der Waals surface area contributed by atoms with Crippen molar-refractivity contribution >= 4 is 15.9 Å². The molecule has 0 aliphatic rings. The van der Waals surface area contributed by atoms with E-state index in [2.05, 4.69) is 45.2 Å². The molecule has 0 saturated carbocycles.